The summed E-state index contributed by atoms with van der Waals surface area (Å²) in [6, 6.07) is 0. The highest BCUT2D eigenvalue weighted by molar-refractivity contribution is 8.10. The highest BCUT2D eigenvalue weighted by atomic mass is 32.1. The summed E-state index contributed by atoms with van der Waals surface area (Å²) in [7, 11) is 0. The minimum atomic E-state index is -3.30. The summed E-state index contributed by atoms with van der Waals surface area (Å²) < 4.78 is 70.9. The van der Waals surface area contributed by atoms with Crippen LogP contribution in [0, 0.1) is 0 Å². The molecule has 0 bridgehead atoms. The summed E-state index contributed by atoms with van der Waals surface area (Å²) in [6.45, 7) is -13.2. The summed E-state index contributed by atoms with van der Waals surface area (Å²) >= 11 is 7.98. The van der Waals surface area contributed by atoms with E-state index in [9.17, 15) is 0 Å². The van der Waals surface area contributed by atoms with Crippen LogP contribution < -0.4 is 0 Å². The quantitative estimate of drug-likeness (QED) is 0.481. The van der Waals surface area contributed by atoms with Gasteiger partial charge < -0.3 is 4.90 Å². The highest BCUT2D eigenvalue weighted by Crippen LogP contribution is 1.93. The van der Waals surface area contributed by atoms with Gasteiger partial charge in [-0.05, 0) is 13.7 Å². The van der Waals surface area contributed by atoms with Crippen LogP contribution in [0.3, 0.4) is 0 Å². The van der Waals surface area contributed by atoms with E-state index in [1.807, 2.05) is 0 Å². The molecular formula is C5H11NS2. The minimum absolute atomic E-state index is 0.154. The van der Waals surface area contributed by atoms with E-state index in [4.69, 9.17) is 13.7 Å². The van der Waals surface area contributed by atoms with Crippen molar-refractivity contribution in [1.29, 1.82) is 0 Å². The molecule has 0 fully saturated rings. The first-order chi connectivity index (χ1) is 7.57. The molecule has 0 rings (SSSR count). The van der Waals surface area contributed by atoms with Crippen LogP contribution in [0.15, 0.2) is 0 Å². The Labute approximate surface area is 75.5 Å². The molecule has 0 aromatic heterocycles. The Hall–Kier alpha value is 0.240. The van der Waals surface area contributed by atoms with Crippen LogP contribution in [0.5, 0.6) is 0 Å². The van der Waals surface area contributed by atoms with Crippen molar-refractivity contribution in [2.75, 3.05) is 13.0 Å². The molecule has 0 aliphatic rings. The predicted molar refractivity (Wildman–Crippen MR) is 44.5 cm³/mol. The molecule has 0 saturated carbocycles. The number of thiol groups is 1. The average molecular weight is 159 g/mol. The lowest BCUT2D eigenvalue weighted by Gasteiger charge is -2.16. The van der Waals surface area contributed by atoms with Gasteiger partial charge in [-0.15, -0.1) is 12.6 Å². The van der Waals surface area contributed by atoms with Crippen LogP contribution in [0.2, 0.25) is 0 Å². The molecule has 0 aromatic carbocycles. The van der Waals surface area contributed by atoms with Crippen molar-refractivity contribution >= 4 is 29.2 Å². The third-order valence-electron chi connectivity index (χ3n) is 0.415. The maximum Gasteiger partial charge on any atom is 0.133 e. The predicted octanol–water partition coefficient (Wildman–Crippen LogP) is 1.54. The number of hydrogen-bond donors (Lipinski definition) is 1. The molecule has 0 aliphatic heterocycles. The molecule has 0 aliphatic carbocycles. The molecule has 0 radical (unpaired) electrons. The maximum atomic E-state index is 7.40. The van der Waals surface area contributed by atoms with Gasteiger partial charge in [0, 0.05) is 26.7 Å². The number of hydrogen-bond acceptors (Lipinski definition) is 1. The van der Waals surface area contributed by atoms with Crippen LogP contribution in [0.25, 0.3) is 0 Å². The Balaban J connectivity index is 5.85. The van der Waals surface area contributed by atoms with Gasteiger partial charge in [-0.3, -0.25) is 0 Å². The van der Waals surface area contributed by atoms with Gasteiger partial charge in [0.1, 0.15) is 4.32 Å². The summed E-state index contributed by atoms with van der Waals surface area (Å²) in [4.78, 5) is -0.154. The molecular weight excluding hydrogens is 138 g/mol. The molecule has 3 heteroatoms. The summed E-state index contributed by atoms with van der Waals surface area (Å²) in [5.74, 6) is 0. The average Bonchev–Trinajstić information content (AvgIpc) is 1.96. The van der Waals surface area contributed by atoms with Crippen LogP contribution >= 0.6 is 24.8 Å². The zero-order valence-electron chi connectivity index (χ0n) is 13.8. The molecule has 0 spiro atoms. The van der Waals surface area contributed by atoms with E-state index in [1.165, 1.54) is 0 Å². The van der Waals surface area contributed by atoms with Crippen molar-refractivity contribution < 1.29 is 13.7 Å². The molecule has 0 N–H and O–H groups in total. The second-order valence-corrected chi connectivity index (χ2v) is 1.95. The maximum absolute atomic E-state index is 7.40. The molecule has 0 unspecified atom stereocenters. The zero-order chi connectivity index (χ0) is 15.2. The molecule has 0 aromatic rings. The highest BCUT2D eigenvalue weighted by Gasteiger charge is 1.96. The molecule has 0 heterocycles. The minimum Gasteiger partial charge on any atom is -0.358 e. The van der Waals surface area contributed by atoms with E-state index in [-0.39, 0.29) is 4.90 Å². The first kappa shape index (κ1) is 1.45. The lowest BCUT2D eigenvalue weighted by molar-refractivity contribution is 0.482. The van der Waals surface area contributed by atoms with Crippen LogP contribution in [-0.4, -0.2) is 22.2 Å². The van der Waals surface area contributed by atoms with Crippen molar-refractivity contribution in [2.24, 2.45) is 0 Å². The van der Waals surface area contributed by atoms with Gasteiger partial charge in [0.05, 0.1) is 0 Å². The van der Waals surface area contributed by atoms with E-state index >= 15 is 0 Å². The van der Waals surface area contributed by atoms with Gasteiger partial charge in [0.25, 0.3) is 0 Å². The molecule has 1 nitrogen and oxygen atoms in total. The van der Waals surface area contributed by atoms with Crippen molar-refractivity contribution in [3.05, 3.63) is 0 Å². The third kappa shape index (κ3) is 2.52. The lowest BCUT2D eigenvalue weighted by Crippen LogP contribution is -2.24. The largest absolute Gasteiger partial charge is 0.358 e. The fourth-order valence-corrected chi connectivity index (χ4v) is 0.315. The first-order valence-electron chi connectivity index (χ1n) is 6.60. The molecule has 8 heavy (non-hydrogen) atoms. The lowest BCUT2D eigenvalue weighted by atomic mass is 10.6. The Morgan fingerprint density at radius 3 is 2.62 bits per heavy atom. The molecule has 48 valence electrons. The SMILES string of the molecule is [2H]C([2H])([2H])C([2H])([2H])N(C(=S)S)C([2H])([2H])C([2H])([2H])[2H]. The second-order valence-electron chi connectivity index (χ2n) is 0.842. The Kier molecular flexibility index (Phi) is 0.754. The Morgan fingerprint density at radius 1 is 1.88 bits per heavy atom. The number of thiocarbonyl (C=S) groups is 1. The molecule has 0 atom stereocenters. The third-order valence-corrected chi connectivity index (χ3v) is 0.797. The second kappa shape index (κ2) is 4.15. The van der Waals surface area contributed by atoms with Gasteiger partial charge in [-0.25, -0.2) is 0 Å². The standard InChI is InChI=1S/C5H11NS2/c1-3-6(4-2)5(7)8/h3-4H2,1-2H3,(H,7,8)/i1D3,2D3,3D2,4D2. The number of nitrogens with zero attached hydrogens (tertiary/aromatic N) is 1. The van der Waals surface area contributed by atoms with E-state index in [2.05, 4.69) is 24.8 Å². The van der Waals surface area contributed by atoms with Crippen molar-refractivity contribution in [2.45, 2.75) is 13.7 Å². The topological polar surface area (TPSA) is 3.24 Å². The smallest absolute Gasteiger partial charge is 0.133 e. The van der Waals surface area contributed by atoms with E-state index in [1.54, 1.807) is 0 Å². The van der Waals surface area contributed by atoms with E-state index < -0.39 is 31.0 Å². The normalized spacial score (nSPS) is 34.1. The monoisotopic (exact) mass is 159 g/mol. The van der Waals surface area contributed by atoms with Crippen LogP contribution in [0.1, 0.15) is 27.4 Å². The summed E-state index contributed by atoms with van der Waals surface area (Å²) in [5, 5.41) is 0. The van der Waals surface area contributed by atoms with Crippen molar-refractivity contribution in [1.82, 2.24) is 4.90 Å². The van der Waals surface area contributed by atoms with E-state index in [0.29, 0.717) is 0 Å². The molecule has 0 amide bonds. The summed E-state index contributed by atoms with van der Waals surface area (Å²) in [5.41, 5.74) is 0. The van der Waals surface area contributed by atoms with Crippen molar-refractivity contribution in [3.63, 3.8) is 0 Å². The van der Waals surface area contributed by atoms with Crippen molar-refractivity contribution in [3.8, 4) is 0 Å². The van der Waals surface area contributed by atoms with E-state index in [0.717, 1.165) is 0 Å². The Bertz CT molecular complexity index is 304. The van der Waals surface area contributed by atoms with Crippen LogP contribution in [0.4, 0.5) is 0 Å². The van der Waals surface area contributed by atoms with Gasteiger partial charge >= 0.3 is 0 Å². The Morgan fingerprint density at radius 2 is 2.38 bits per heavy atom. The first-order valence-corrected chi connectivity index (χ1v) is 2.45. The molecule has 0 saturated heterocycles. The van der Waals surface area contributed by atoms with Gasteiger partial charge in [-0.1, -0.05) is 12.2 Å². The van der Waals surface area contributed by atoms with Gasteiger partial charge in [-0.2, -0.15) is 0 Å². The summed E-state index contributed by atoms with van der Waals surface area (Å²) in [6.07, 6.45) is 0. The number of rotatable bonds is 2. The fourth-order valence-electron chi connectivity index (χ4n) is 0.124. The van der Waals surface area contributed by atoms with Gasteiger partial charge in [0.15, 0.2) is 0 Å². The van der Waals surface area contributed by atoms with Gasteiger partial charge in [0.2, 0.25) is 0 Å². The zero-order valence-corrected chi connectivity index (χ0v) is 5.51. The fraction of sp³-hybridized carbons (Fsp3) is 0.800. The van der Waals surface area contributed by atoms with Crippen LogP contribution in [-0.2, 0) is 0 Å².